The van der Waals surface area contributed by atoms with Crippen molar-refractivity contribution in [1.82, 2.24) is 4.98 Å². The summed E-state index contributed by atoms with van der Waals surface area (Å²) in [5, 5.41) is 8.97. The Labute approximate surface area is 80.3 Å². The van der Waals surface area contributed by atoms with Gasteiger partial charge in [-0.2, -0.15) is 0 Å². The molecule has 0 fully saturated rings. The van der Waals surface area contributed by atoms with Gasteiger partial charge < -0.3 is 10.8 Å². The lowest BCUT2D eigenvalue weighted by molar-refractivity contribution is -0.138. The lowest BCUT2D eigenvalue weighted by Gasteiger charge is -2.07. The molecule has 0 aromatic carbocycles. The van der Waals surface area contributed by atoms with Crippen LogP contribution in [0.1, 0.15) is 17.2 Å². The standard InChI is InChI=1S/C8H9ClN2O2/c1-4-2-5(3-11-7(4)9)6(10)8(12)13/h2-3,6H,10H2,1H3,(H,12,13). The van der Waals surface area contributed by atoms with Crippen molar-refractivity contribution in [2.45, 2.75) is 13.0 Å². The lowest BCUT2D eigenvalue weighted by Crippen LogP contribution is -2.20. The number of aromatic nitrogens is 1. The smallest absolute Gasteiger partial charge is 0.325 e. The zero-order valence-electron chi connectivity index (χ0n) is 6.99. The number of nitrogens with zero attached hydrogens (tertiary/aromatic N) is 1. The van der Waals surface area contributed by atoms with Crippen molar-refractivity contribution in [2.75, 3.05) is 0 Å². The average Bonchev–Trinajstić information content (AvgIpc) is 2.08. The molecule has 0 spiro atoms. The summed E-state index contributed by atoms with van der Waals surface area (Å²) in [5.41, 5.74) is 6.55. The van der Waals surface area contributed by atoms with Crippen LogP contribution in [0.25, 0.3) is 0 Å². The van der Waals surface area contributed by atoms with Crippen molar-refractivity contribution >= 4 is 17.6 Å². The number of aliphatic carboxylic acids is 1. The van der Waals surface area contributed by atoms with Gasteiger partial charge >= 0.3 is 5.97 Å². The van der Waals surface area contributed by atoms with E-state index in [-0.39, 0.29) is 0 Å². The van der Waals surface area contributed by atoms with Gasteiger partial charge in [0.1, 0.15) is 11.2 Å². The van der Waals surface area contributed by atoms with Gasteiger partial charge in [0.2, 0.25) is 0 Å². The summed E-state index contributed by atoms with van der Waals surface area (Å²) in [6, 6.07) is 0.581. The van der Waals surface area contributed by atoms with Crippen LogP contribution in [0.15, 0.2) is 12.3 Å². The Hall–Kier alpha value is -1.13. The van der Waals surface area contributed by atoms with Crippen molar-refractivity contribution < 1.29 is 9.90 Å². The van der Waals surface area contributed by atoms with Crippen LogP contribution in [-0.2, 0) is 4.79 Å². The van der Waals surface area contributed by atoms with Crippen molar-refractivity contribution in [1.29, 1.82) is 0 Å². The molecule has 3 N–H and O–H groups in total. The first-order chi connectivity index (χ1) is 6.02. The van der Waals surface area contributed by atoms with Crippen LogP contribution in [0.5, 0.6) is 0 Å². The molecule has 1 unspecified atom stereocenters. The molecule has 0 aliphatic carbocycles. The lowest BCUT2D eigenvalue weighted by atomic mass is 10.1. The highest BCUT2D eigenvalue weighted by molar-refractivity contribution is 6.30. The highest BCUT2D eigenvalue weighted by atomic mass is 35.5. The minimum Gasteiger partial charge on any atom is -0.480 e. The summed E-state index contributed by atoms with van der Waals surface area (Å²) >= 11 is 5.67. The van der Waals surface area contributed by atoms with Crippen molar-refractivity contribution in [3.63, 3.8) is 0 Å². The second-order valence-corrected chi connectivity index (χ2v) is 3.05. The topological polar surface area (TPSA) is 76.2 Å². The Morgan fingerprint density at radius 2 is 2.38 bits per heavy atom. The largest absolute Gasteiger partial charge is 0.480 e. The van der Waals surface area contributed by atoms with Crippen LogP contribution in [-0.4, -0.2) is 16.1 Å². The molecule has 0 bridgehead atoms. The fourth-order valence-electron chi connectivity index (χ4n) is 0.893. The molecule has 0 aliphatic rings. The minimum atomic E-state index is -1.08. The first-order valence-corrected chi connectivity index (χ1v) is 4.00. The van der Waals surface area contributed by atoms with Gasteiger partial charge in [-0.05, 0) is 24.1 Å². The average molecular weight is 201 g/mol. The highest BCUT2D eigenvalue weighted by Crippen LogP contribution is 2.16. The van der Waals surface area contributed by atoms with E-state index in [0.717, 1.165) is 5.56 Å². The van der Waals surface area contributed by atoms with E-state index in [0.29, 0.717) is 10.7 Å². The van der Waals surface area contributed by atoms with Crippen LogP contribution < -0.4 is 5.73 Å². The molecule has 1 rings (SSSR count). The number of rotatable bonds is 2. The van der Waals surface area contributed by atoms with E-state index in [1.807, 2.05) is 0 Å². The first-order valence-electron chi connectivity index (χ1n) is 3.63. The predicted molar refractivity (Wildman–Crippen MR) is 48.5 cm³/mol. The van der Waals surface area contributed by atoms with Gasteiger partial charge in [0, 0.05) is 6.20 Å². The molecule has 0 saturated heterocycles. The maximum absolute atomic E-state index is 10.5. The number of nitrogens with two attached hydrogens (primary N) is 1. The molecule has 0 aliphatic heterocycles. The summed E-state index contributed by atoms with van der Waals surface area (Å²) in [7, 11) is 0. The molecule has 0 radical (unpaired) electrons. The summed E-state index contributed by atoms with van der Waals surface area (Å²) < 4.78 is 0. The molecular formula is C8H9ClN2O2. The van der Waals surface area contributed by atoms with Crippen LogP contribution in [0.2, 0.25) is 5.15 Å². The summed E-state index contributed by atoms with van der Waals surface area (Å²) in [6.45, 7) is 1.74. The van der Waals surface area contributed by atoms with Gasteiger partial charge in [0.05, 0.1) is 0 Å². The van der Waals surface area contributed by atoms with E-state index in [1.165, 1.54) is 6.20 Å². The summed E-state index contributed by atoms with van der Waals surface area (Å²) in [6.07, 6.45) is 1.37. The van der Waals surface area contributed by atoms with Gasteiger partial charge in [-0.1, -0.05) is 11.6 Å². The molecule has 1 aromatic rings. The van der Waals surface area contributed by atoms with E-state index in [9.17, 15) is 4.79 Å². The Bertz CT molecular complexity index is 341. The number of aryl methyl sites for hydroxylation is 1. The zero-order valence-corrected chi connectivity index (χ0v) is 7.75. The second-order valence-electron chi connectivity index (χ2n) is 2.69. The van der Waals surface area contributed by atoms with Crippen LogP contribution >= 0.6 is 11.6 Å². The Balaban J connectivity index is 3.03. The molecule has 70 valence electrons. The van der Waals surface area contributed by atoms with Crippen LogP contribution in [0, 0.1) is 6.92 Å². The van der Waals surface area contributed by atoms with Gasteiger partial charge in [-0.25, -0.2) is 4.98 Å². The zero-order chi connectivity index (χ0) is 10.0. The van der Waals surface area contributed by atoms with Crippen LogP contribution in [0.4, 0.5) is 0 Å². The van der Waals surface area contributed by atoms with Gasteiger partial charge in [-0.3, -0.25) is 4.79 Å². The Morgan fingerprint density at radius 1 is 1.77 bits per heavy atom. The molecule has 4 nitrogen and oxygen atoms in total. The van der Waals surface area contributed by atoms with Crippen LogP contribution in [0.3, 0.4) is 0 Å². The summed E-state index contributed by atoms with van der Waals surface area (Å²) in [4.78, 5) is 14.3. The number of carboxylic acid groups (broad SMARTS) is 1. The molecule has 1 heterocycles. The molecule has 1 aromatic heterocycles. The normalized spacial score (nSPS) is 12.5. The van der Waals surface area contributed by atoms with E-state index < -0.39 is 12.0 Å². The molecule has 13 heavy (non-hydrogen) atoms. The van der Waals surface area contributed by atoms with E-state index in [1.54, 1.807) is 13.0 Å². The number of carbonyl (C=O) groups is 1. The van der Waals surface area contributed by atoms with Crippen molar-refractivity contribution in [3.8, 4) is 0 Å². The second kappa shape index (κ2) is 3.72. The third kappa shape index (κ3) is 2.17. The van der Waals surface area contributed by atoms with Crippen molar-refractivity contribution in [3.05, 3.63) is 28.5 Å². The SMILES string of the molecule is Cc1cc(C(N)C(=O)O)cnc1Cl. The fourth-order valence-corrected chi connectivity index (χ4v) is 0.996. The number of carboxylic acids is 1. The molecule has 0 saturated carbocycles. The number of hydrogen-bond acceptors (Lipinski definition) is 3. The Morgan fingerprint density at radius 3 is 2.85 bits per heavy atom. The fraction of sp³-hybridized carbons (Fsp3) is 0.250. The molecule has 5 heteroatoms. The number of halogens is 1. The third-order valence-corrected chi connectivity index (χ3v) is 2.06. The van der Waals surface area contributed by atoms with Gasteiger partial charge in [0.15, 0.2) is 0 Å². The molecular weight excluding hydrogens is 192 g/mol. The minimum absolute atomic E-state index is 0.362. The van der Waals surface area contributed by atoms with E-state index in [4.69, 9.17) is 22.4 Å². The first kappa shape index (κ1) is 9.95. The predicted octanol–water partition coefficient (Wildman–Crippen LogP) is 1.13. The Kier molecular flexibility index (Phi) is 2.85. The van der Waals surface area contributed by atoms with Crippen molar-refractivity contribution in [2.24, 2.45) is 5.73 Å². The highest BCUT2D eigenvalue weighted by Gasteiger charge is 2.14. The summed E-state index contributed by atoms with van der Waals surface area (Å²) in [5.74, 6) is -1.08. The number of pyridine rings is 1. The van der Waals surface area contributed by atoms with Gasteiger partial charge in [0.25, 0.3) is 0 Å². The molecule has 0 amide bonds. The van der Waals surface area contributed by atoms with Gasteiger partial charge in [-0.15, -0.1) is 0 Å². The maximum Gasteiger partial charge on any atom is 0.325 e. The quantitative estimate of drug-likeness (QED) is 0.702. The maximum atomic E-state index is 10.5. The van der Waals surface area contributed by atoms with E-state index in [2.05, 4.69) is 4.98 Å². The third-order valence-electron chi connectivity index (χ3n) is 1.66. The van der Waals surface area contributed by atoms with E-state index >= 15 is 0 Å². The molecule has 1 atom stereocenters. The number of hydrogen-bond donors (Lipinski definition) is 2. The monoisotopic (exact) mass is 200 g/mol.